The van der Waals surface area contributed by atoms with Crippen LogP contribution in [0.2, 0.25) is 0 Å². The van der Waals surface area contributed by atoms with Gasteiger partial charge in [-0.15, -0.1) is 0 Å². The van der Waals surface area contributed by atoms with Gasteiger partial charge >= 0.3 is 0 Å². The average molecular weight is 242 g/mol. The molecule has 1 N–H and O–H groups in total. The highest BCUT2D eigenvalue weighted by molar-refractivity contribution is 5.76. The largest absolute Gasteiger partial charge is 0.354 e. The van der Waals surface area contributed by atoms with Crippen molar-refractivity contribution in [1.82, 2.24) is 10.2 Å². The smallest absolute Gasteiger partial charge is 0.220 e. The highest BCUT2D eigenvalue weighted by atomic mass is 16.2. The summed E-state index contributed by atoms with van der Waals surface area (Å²) in [7, 11) is 0. The number of carbonyl (C=O) groups is 2. The van der Waals surface area contributed by atoms with Gasteiger partial charge in [0.1, 0.15) is 0 Å². The van der Waals surface area contributed by atoms with Gasteiger partial charge in [0.05, 0.1) is 0 Å². The van der Waals surface area contributed by atoms with Crippen LogP contribution in [0.15, 0.2) is 0 Å². The summed E-state index contributed by atoms with van der Waals surface area (Å²) >= 11 is 0. The molecule has 0 radical (unpaired) electrons. The van der Waals surface area contributed by atoms with E-state index in [1.165, 1.54) is 0 Å². The Morgan fingerprint density at radius 2 is 1.88 bits per heavy atom. The van der Waals surface area contributed by atoms with Crippen molar-refractivity contribution in [2.24, 2.45) is 5.92 Å². The van der Waals surface area contributed by atoms with E-state index >= 15 is 0 Å². The standard InChI is InChI=1S/C13H26N2O2/c1-5-6-8-15(12(4)16)9-7-14-13(17)10-11(2)3/h11H,5-10H2,1-4H3,(H,14,17). The second-order valence-electron chi connectivity index (χ2n) is 4.81. The molecule has 0 saturated heterocycles. The van der Waals surface area contributed by atoms with E-state index in [1.807, 2.05) is 13.8 Å². The second-order valence-corrected chi connectivity index (χ2v) is 4.81. The van der Waals surface area contributed by atoms with Gasteiger partial charge < -0.3 is 10.2 Å². The van der Waals surface area contributed by atoms with Crippen LogP contribution in [0.5, 0.6) is 0 Å². The monoisotopic (exact) mass is 242 g/mol. The molecule has 0 atom stereocenters. The molecule has 4 heteroatoms. The molecule has 0 unspecified atom stereocenters. The van der Waals surface area contributed by atoms with Crippen molar-refractivity contribution in [3.63, 3.8) is 0 Å². The maximum Gasteiger partial charge on any atom is 0.220 e. The van der Waals surface area contributed by atoms with Crippen LogP contribution in [0.25, 0.3) is 0 Å². The van der Waals surface area contributed by atoms with Gasteiger partial charge in [-0.1, -0.05) is 27.2 Å². The Kier molecular flexibility index (Phi) is 8.46. The molecule has 0 aromatic heterocycles. The Bertz CT molecular complexity index is 240. The molecule has 0 rings (SSSR count). The molecule has 0 bridgehead atoms. The molecule has 4 nitrogen and oxygen atoms in total. The molecule has 0 saturated carbocycles. The Labute approximate surface area is 105 Å². The third-order valence-electron chi connectivity index (χ3n) is 2.52. The van der Waals surface area contributed by atoms with Gasteiger partial charge in [0.2, 0.25) is 11.8 Å². The first kappa shape index (κ1) is 15.9. The van der Waals surface area contributed by atoms with E-state index < -0.39 is 0 Å². The molecule has 0 fully saturated rings. The fourth-order valence-electron chi connectivity index (χ4n) is 1.55. The van der Waals surface area contributed by atoms with Crippen LogP contribution in [0.3, 0.4) is 0 Å². The summed E-state index contributed by atoms with van der Waals surface area (Å²) < 4.78 is 0. The van der Waals surface area contributed by atoms with Crippen LogP contribution >= 0.6 is 0 Å². The molecule has 0 aliphatic carbocycles. The molecule has 0 aromatic carbocycles. The van der Waals surface area contributed by atoms with Crippen molar-refractivity contribution in [3.05, 3.63) is 0 Å². The van der Waals surface area contributed by atoms with E-state index in [1.54, 1.807) is 11.8 Å². The van der Waals surface area contributed by atoms with E-state index in [4.69, 9.17) is 0 Å². The number of rotatable bonds is 8. The van der Waals surface area contributed by atoms with Crippen molar-refractivity contribution >= 4 is 11.8 Å². The maximum absolute atomic E-state index is 11.4. The Morgan fingerprint density at radius 1 is 1.24 bits per heavy atom. The minimum Gasteiger partial charge on any atom is -0.354 e. The molecule has 0 aliphatic rings. The SMILES string of the molecule is CCCCN(CCNC(=O)CC(C)C)C(C)=O. The summed E-state index contributed by atoms with van der Waals surface area (Å²) in [6.07, 6.45) is 2.64. The van der Waals surface area contributed by atoms with E-state index in [9.17, 15) is 9.59 Å². The lowest BCUT2D eigenvalue weighted by Crippen LogP contribution is -2.38. The number of hydrogen-bond acceptors (Lipinski definition) is 2. The molecule has 0 heterocycles. The fraction of sp³-hybridized carbons (Fsp3) is 0.846. The molecule has 2 amide bonds. The summed E-state index contributed by atoms with van der Waals surface area (Å²) in [4.78, 5) is 24.5. The predicted molar refractivity (Wildman–Crippen MR) is 69.6 cm³/mol. The van der Waals surface area contributed by atoms with Gasteiger partial charge in [0.25, 0.3) is 0 Å². The zero-order valence-corrected chi connectivity index (χ0v) is 11.6. The molecule has 0 spiro atoms. The highest BCUT2D eigenvalue weighted by Gasteiger charge is 2.09. The fourth-order valence-corrected chi connectivity index (χ4v) is 1.55. The lowest BCUT2D eigenvalue weighted by molar-refractivity contribution is -0.129. The quantitative estimate of drug-likeness (QED) is 0.705. The summed E-state index contributed by atoms with van der Waals surface area (Å²) in [5.74, 6) is 0.523. The van der Waals surface area contributed by atoms with Crippen molar-refractivity contribution < 1.29 is 9.59 Å². The normalized spacial score (nSPS) is 10.4. The van der Waals surface area contributed by atoms with Gasteiger partial charge in [-0.3, -0.25) is 9.59 Å². The third kappa shape index (κ3) is 8.72. The molecule has 0 aromatic rings. The minimum atomic E-state index is 0.0685. The van der Waals surface area contributed by atoms with E-state index in [2.05, 4.69) is 12.2 Å². The van der Waals surface area contributed by atoms with Crippen molar-refractivity contribution in [2.75, 3.05) is 19.6 Å². The maximum atomic E-state index is 11.4. The third-order valence-corrected chi connectivity index (χ3v) is 2.52. The molecular formula is C13H26N2O2. The number of carbonyl (C=O) groups excluding carboxylic acids is 2. The molecule has 100 valence electrons. The van der Waals surface area contributed by atoms with Gasteiger partial charge in [-0.2, -0.15) is 0 Å². The van der Waals surface area contributed by atoms with Crippen molar-refractivity contribution in [3.8, 4) is 0 Å². The predicted octanol–water partition coefficient (Wildman–Crippen LogP) is 1.80. The number of unbranched alkanes of at least 4 members (excludes halogenated alkanes) is 1. The van der Waals surface area contributed by atoms with Crippen LogP contribution in [-0.2, 0) is 9.59 Å². The van der Waals surface area contributed by atoms with E-state index in [0.717, 1.165) is 19.4 Å². The first-order valence-electron chi connectivity index (χ1n) is 6.49. The second kappa shape index (κ2) is 9.02. The number of nitrogens with zero attached hydrogens (tertiary/aromatic N) is 1. The molecule has 0 aliphatic heterocycles. The Balaban J connectivity index is 3.81. The number of hydrogen-bond donors (Lipinski definition) is 1. The van der Waals surface area contributed by atoms with Crippen LogP contribution in [-0.4, -0.2) is 36.3 Å². The van der Waals surface area contributed by atoms with Gasteiger partial charge in [0, 0.05) is 33.0 Å². The topological polar surface area (TPSA) is 49.4 Å². The zero-order valence-electron chi connectivity index (χ0n) is 11.6. The van der Waals surface area contributed by atoms with E-state index in [-0.39, 0.29) is 11.8 Å². The van der Waals surface area contributed by atoms with Crippen LogP contribution < -0.4 is 5.32 Å². The Hall–Kier alpha value is -1.06. The van der Waals surface area contributed by atoms with Crippen molar-refractivity contribution in [1.29, 1.82) is 0 Å². The lowest BCUT2D eigenvalue weighted by atomic mass is 10.1. The van der Waals surface area contributed by atoms with E-state index in [0.29, 0.717) is 25.4 Å². The molecular weight excluding hydrogens is 216 g/mol. The van der Waals surface area contributed by atoms with Crippen LogP contribution in [0.1, 0.15) is 47.0 Å². The highest BCUT2D eigenvalue weighted by Crippen LogP contribution is 1.98. The minimum absolute atomic E-state index is 0.0685. The summed E-state index contributed by atoms with van der Waals surface area (Å²) in [5.41, 5.74) is 0. The summed E-state index contributed by atoms with van der Waals surface area (Å²) in [5, 5.41) is 2.84. The zero-order chi connectivity index (χ0) is 13.3. The Morgan fingerprint density at radius 3 is 2.35 bits per heavy atom. The first-order valence-corrected chi connectivity index (χ1v) is 6.49. The van der Waals surface area contributed by atoms with Crippen molar-refractivity contribution in [2.45, 2.75) is 47.0 Å². The van der Waals surface area contributed by atoms with Gasteiger partial charge in [-0.05, 0) is 12.3 Å². The lowest BCUT2D eigenvalue weighted by Gasteiger charge is -2.21. The first-order chi connectivity index (χ1) is 7.97. The van der Waals surface area contributed by atoms with Gasteiger partial charge in [-0.25, -0.2) is 0 Å². The van der Waals surface area contributed by atoms with Crippen LogP contribution in [0, 0.1) is 5.92 Å². The number of nitrogens with one attached hydrogen (secondary N) is 1. The van der Waals surface area contributed by atoms with Gasteiger partial charge in [0.15, 0.2) is 0 Å². The number of amides is 2. The van der Waals surface area contributed by atoms with Crippen LogP contribution in [0.4, 0.5) is 0 Å². The molecule has 17 heavy (non-hydrogen) atoms. The summed E-state index contributed by atoms with van der Waals surface area (Å²) in [6, 6.07) is 0. The summed E-state index contributed by atoms with van der Waals surface area (Å²) in [6.45, 7) is 9.65. The average Bonchev–Trinajstić information content (AvgIpc) is 2.21.